The Morgan fingerprint density at radius 2 is 1.92 bits per heavy atom. The molecule has 1 aromatic rings. The van der Waals surface area contributed by atoms with Crippen LogP contribution < -0.4 is 0 Å². The van der Waals surface area contributed by atoms with E-state index < -0.39 is 21.9 Å². The van der Waals surface area contributed by atoms with E-state index in [2.05, 4.69) is 0 Å². The number of benzene rings is 1. The minimum absolute atomic E-state index is 0.00749. The first kappa shape index (κ1) is 18.4. The molecule has 7 nitrogen and oxygen atoms in total. The van der Waals surface area contributed by atoms with Crippen LogP contribution in [0.2, 0.25) is 0 Å². The first-order chi connectivity index (χ1) is 11.1. The summed E-state index contributed by atoms with van der Waals surface area (Å²) >= 11 is 0. The highest BCUT2D eigenvalue weighted by Gasteiger charge is 2.37. The quantitative estimate of drug-likeness (QED) is 0.878. The first-order valence-corrected chi connectivity index (χ1v) is 9.15. The van der Waals surface area contributed by atoms with Gasteiger partial charge in [-0.3, -0.25) is 9.59 Å². The third-order valence-corrected chi connectivity index (χ3v) is 6.24. The van der Waals surface area contributed by atoms with E-state index in [1.54, 1.807) is 27.1 Å². The van der Waals surface area contributed by atoms with Crippen molar-refractivity contribution >= 4 is 21.9 Å². The van der Waals surface area contributed by atoms with Gasteiger partial charge in [-0.05, 0) is 38.0 Å². The van der Waals surface area contributed by atoms with Crippen molar-refractivity contribution in [1.29, 1.82) is 0 Å². The number of amides is 1. The highest BCUT2D eigenvalue weighted by molar-refractivity contribution is 7.89. The molecule has 0 saturated carbocycles. The molecule has 1 N–H and O–H groups in total. The standard InChI is InChI=1S/C16H22N2O5S/c1-11-7-8-13(16(20)21)10-18(11)24(22,23)14-6-4-5-12(9-14)15(19)17(2)3/h4-6,9,11,13H,7-8,10H2,1-3H3,(H,20,21). The van der Waals surface area contributed by atoms with Crippen LogP contribution in [0.4, 0.5) is 0 Å². The van der Waals surface area contributed by atoms with Crippen molar-refractivity contribution in [1.82, 2.24) is 9.21 Å². The maximum absolute atomic E-state index is 12.9. The van der Waals surface area contributed by atoms with Gasteiger partial charge in [-0.25, -0.2) is 8.42 Å². The molecule has 0 spiro atoms. The number of carboxylic acid groups (broad SMARTS) is 1. The van der Waals surface area contributed by atoms with Crippen molar-refractivity contribution in [3.8, 4) is 0 Å². The van der Waals surface area contributed by atoms with Gasteiger partial charge in [-0.1, -0.05) is 6.07 Å². The van der Waals surface area contributed by atoms with Gasteiger partial charge in [0.05, 0.1) is 10.8 Å². The van der Waals surface area contributed by atoms with Gasteiger partial charge in [0.25, 0.3) is 5.91 Å². The van der Waals surface area contributed by atoms with Crippen LogP contribution in [0.25, 0.3) is 0 Å². The normalized spacial score (nSPS) is 22.1. The van der Waals surface area contributed by atoms with Crippen LogP contribution in [0.5, 0.6) is 0 Å². The van der Waals surface area contributed by atoms with Gasteiger partial charge in [-0.2, -0.15) is 4.31 Å². The summed E-state index contributed by atoms with van der Waals surface area (Å²) in [7, 11) is -0.678. The van der Waals surface area contributed by atoms with Crippen LogP contribution in [-0.4, -0.2) is 61.3 Å². The number of carboxylic acids is 1. The van der Waals surface area contributed by atoms with Crippen molar-refractivity contribution in [3.63, 3.8) is 0 Å². The minimum atomic E-state index is -3.86. The van der Waals surface area contributed by atoms with Gasteiger partial charge >= 0.3 is 5.97 Å². The van der Waals surface area contributed by atoms with Gasteiger partial charge in [0.1, 0.15) is 0 Å². The topological polar surface area (TPSA) is 95.0 Å². The molecular formula is C16H22N2O5S. The maximum Gasteiger partial charge on any atom is 0.307 e. The van der Waals surface area contributed by atoms with E-state index >= 15 is 0 Å². The van der Waals surface area contributed by atoms with Crippen molar-refractivity contribution in [2.45, 2.75) is 30.7 Å². The molecule has 0 aliphatic carbocycles. The third kappa shape index (κ3) is 3.59. The van der Waals surface area contributed by atoms with Crippen LogP contribution >= 0.6 is 0 Å². The van der Waals surface area contributed by atoms with Crippen LogP contribution in [0.15, 0.2) is 29.2 Å². The summed E-state index contributed by atoms with van der Waals surface area (Å²) in [4.78, 5) is 24.6. The summed E-state index contributed by atoms with van der Waals surface area (Å²) in [5.74, 6) is -1.98. The van der Waals surface area contributed by atoms with Crippen LogP contribution in [0.3, 0.4) is 0 Å². The molecule has 2 rings (SSSR count). The van der Waals surface area contributed by atoms with Gasteiger partial charge in [0.2, 0.25) is 10.0 Å². The van der Waals surface area contributed by atoms with E-state index in [9.17, 15) is 23.1 Å². The van der Waals surface area contributed by atoms with Crippen LogP contribution in [0, 0.1) is 5.92 Å². The summed E-state index contributed by atoms with van der Waals surface area (Å²) < 4.78 is 27.1. The van der Waals surface area contributed by atoms with E-state index in [0.717, 1.165) is 0 Å². The lowest BCUT2D eigenvalue weighted by Gasteiger charge is -2.35. The van der Waals surface area contributed by atoms with E-state index in [1.807, 2.05) is 0 Å². The lowest BCUT2D eigenvalue weighted by Crippen LogP contribution is -2.47. The SMILES string of the molecule is CC1CCC(C(=O)O)CN1S(=O)(=O)c1cccc(C(=O)N(C)C)c1. The number of aliphatic carboxylic acids is 1. The number of rotatable bonds is 4. The summed E-state index contributed by atoms with van der Waals surface area (Å²) in [6.07, 6.45) is 0.953. The molecular weight excluding hydrogens is 332 g/mol. The molecule has 1 amide bonds. The zero-order valence-electron chi connectivity index (χ0n) is 14.0. The predicted molar refractivity (Wildman–Crippen MR) is 88.2 cm³/mol. The average molecular weight is 354 g/mol. The van der Waals surface area contributed by atoms with Crippen molar-refractivity contribution in [3.05, 3.63) is 29.8 Å². The van der Waals surface area contributed by atoms with E-state index in [1.165, 1.54) is 27.4 Å². The summed E-state index contributed by atoms with van der Waals surface area (Å²) in [6.45, 7) is 1.72. The molecule has 1 heterocycles. The Morgan fingerprint density at radius 1 is 1.25 bits per heavy atom. The molecule has 8 heteroatoms. The van der Waals surface area contributed by atoms with Gasteiger partial charge < -0.3 is 10.0 Å². The molecule has 1 aliphatic rings. The lowest BCUT2D eigenvalue weighted by molar-refractivity contribution is -0.143. The second-order valence-electron chi connectivity index (χ2n) is 6.26. The average Bonchev–Trinajstić information content (AvgIpc) is 2.54. The Morgan fingerprint density at radius 3 is 2.50 bits per heavy atom. The highest BCUT2D eigenvalue weighted by Crippen LogP contribution is 2.28. The fraction of sp³-hybridized carbons (Fsp3) is 0.500. The molecule has 24 heavy (non-hydrogen) atoms. The Hall–Kier alpha value is -1.93. The van der Waals surface area contributed by atoms with Crippen LogP contribution in [-0.2, 0) is 14.8 Å². The molecule has 0 radical (unpaired) electrons. The Bertz CT molecular complexity index is 745. The summed E-state index contributed by atoms with van der Waals surface area (Å²) in [6, 6.07) is 5.57. The second kappa shape index (κ2) is 6.90. The zero-order valence-corrected chi connectivity index (χ0v) is 14.8. The zero-order chi connectivity index (χ0) is 18.1. The Labute approximate surface area is 141 Å². The van der Waals surface area contributed by atoms with E-state index in [0.29, 0.717) is 12.8 Å². The number of piperidine rings is 1. The Kier molecular flexibility index (Phi) is 5.29. The fourth-order valence-electron chi connectivity index (χ4n) is 2.79. The predicted octanol–water partition coefficient (Wildman–Crippen LogP) is 1.26. The van der Waals surface area contributed by atoms with Crippen LogP contribution in [0.1, 0.15) is 30.1 Å². The molecule has 0 aromatic heterocycles. The molecule has 1 fully saturated rings. The number of carbonyl (C=O) groups is 2. The van der Waals surface area contributed by atoms with Gasteiger partial charge in [0.15, 0.2) is 0 Å². The second-order valence-corrected chi connectivity index (χ2v) is 8.15. The number of nitrogens with zero attached hydrogens (tertiary/aromatic N) is 2. The maximum atomic E-state index is 12.9. The number of carbonyl (C=O) groups excluding carboxylic acids is 1. The summed E-state index contributed by atoms with van der Waals surface area (Å²) in [5.41, 5.74) is 0.278. The van der Waals surface area contributed by atoms with Gasteiger partial charge in [0, 0.05) is 32.2 Å². The molecule has 0 bridgehead atoms. The number of sulfonamides is 1. The summed E-state index contributed by atoms with van der Waals surface area (Å²) in [5, 5.41) is 9.18. The Balaban J connectivity index is 2.37. The fourth-order valence-corrected chi connectivity index (χ4v) is 4.55. The largest absolute Gasteiger partial charge is 0.481 e. The minimum Gasteiger partial charge on any atom is -0.481 e. The molecule has 2 atom stereocenters. The van der Waals surface area contributed by atoms with Crippen molar-refractivity contribution in [2.24, 2.45) is 5.92 Å². The molecule has 2 unspecified atom stereocenters. The number of hydrogen-bond donors (Lipinski definition) is 1. The van der Waals surface area contributed by atoms with E-state index in [4.69, 9.17) is 0 Å². The smallest absolute Gasteiger partial charge is 0.307 e. The lowest BCUT2D eigenvalue weighted by atomic mass is 9.96. The molecule has 1 aliphatic heterocycles. The van der Waals surface area contributed by atoms with Gasteiger partial charge in [-0.15, -0.1) is 0 Å². The molecule has 132 valence electrons. The highest BCUT2D eigenvalue weighted by atomic mass is 32.2. The van der Waals surface area contributed by atoms with Crippen molar-refractivity contribution < 1.29 is 23.1 Å². The number of hydrogen-bond acceptors (Lipinski definition) is 4. The first-order valence-electron chi connectivity index (χ1n) is 7.71. The molecule has 1 saturated heterocycles. The molecule has 1 aromatic carbocycles. The van der Waals surface area contributed by atoms with E-state index in [-0.39, 0.29) is 29.0 Å². The van der Waals surface area contributed by atoms with Crippen molar-refractivity contribution in [2.75, 3.05) is 20.6 Å². The third-order valence-electron chi connectivity index (χ3n) is 4.27. The monoisotopic (exact) mass is 354 g/mol.